The summed E-state index contributed by atoms with van der Waals surface area (Å²) in [6.45, 7) is 3.76. The van der Waals surface area contributed by atoms with E-state index in [1.54, 1.807) is 0 Å². The quantitative estimate of drug-likeness (QED) is 0.405. The molecule has 2 unspecified atom stereocenters. The first-order valence-corrected chi connectivity index (χ1v) is 11.6. The zero-order chi connectivity index (χ0) is 26.0. The Labute approximate surface area is 204 Å². The van der Waals surface area contributed by atoms with E-state index in [0.717, 1.165) is 24.5 Å². The number of aromatic nitrogens is 4. The summed E-state index contributed by atoms with van der Waals surface area (Å²) in [5.41, 5.74) is -0.744. The smallest absolute Gasteiger partial charge is 0.318 e. The number of hydrogen-bond donors (Lipinski definition) is 1. The molecule has 0 spiro atoms. The first-order valence-electron chi connectivity index (χ1n) is 11.6. The Morgan fingerprint density at radius 3 is 2.39 bits per heavy atom. The number of amides is 1. The maximum absolute atomic E-state index is 14.7. The van der Waals surface area contributed by atoms with Gasteiger partial charge in [0.1, 0.15) is 29.5 Å². The zero-order valence-electron chi connectivity index (χ0n) is 19.6. The highest BCUT2D eigenvalue weighted by Crippen LogP contribution is 2.48. The second-order valence-corrected chi connectivity index (χ2v) is 9.08. The summed E-state index contributed by atoms with van der Waals surface area (Å²) in [4.78, 5) is 29.5. The van der Waals surface area contributed by atoms with Crippen molar-refractivity contribution in [1.82, 2.24) is 19.9 Å². The van der Waals surface area contributed by atoms with Gasteiger partial charge in [0.25, 0.3) is 5.91 Å². The Balaban J connectivity index is 1.83. The fourth-order valence-electron chi connectivity index (χ4n) is 4.48. The molecule has 2 atom stereocenters. The van der Waals surface area contributed by atoms with Crippen LogP contribution in [0, 0.1) is 17.6 Å². The molecule has 0 saturated heterocycles. The van der Waals surface area contributed by atoms with Crippen molar-refractivity contribution in [3.05, 3.63) is 65.6 Å². The maximum Gasteiger partial charge on any atom is 0.392 e. The summed E-state index contributed by atoms with van der Waals surface area (Å²) in [7, 11) is 0. The van der Waals surface area contributed by atoms with Gasteiger partial charge in [-0.05, 0) is 31.0 Å². The second kappa shape index (κ2) is 10.2. The van der Waals surface area contributed by atoms with Gasteiger partial charge in [0.05, 0.1) is 22.9 Å². The van der Waals surface area contributed by atoms with E-state index >= 15 is 0 Å². The molecule has 0 bridgehead atoms. The molecule has 2 aromatic heterocycles. The van der Waals surface area contributed by atoms with Crippen LogP contribution in [0.3, 0.4) is 0 Å². The number of rotatable bonds is 5. The van der Waals surface area contributed by atoms with Crippen molar-refractivity contribution < 1.29 is 26.7 Å². The Hall–Kier alpha value is -3.50. The molecule has 1 saturated carbocycles. The number of anilines is 1. The Kier molecular flexibility index (Phi) is 7.28. The molecule has 0 aliphatic heterocycles. The summed E-state index contributed by atoms with van der Waals surface area (Å²) < 4.78 is 70.5. The lowest BCUT2D eigenvalue weighted by molar-refractivity contribution is -0.187. The molecule has 2 heterocycles. The van der Waals surface area contributed by atoms with Crippen molar-refractivity contribution in [3.8, 4) is 11.3 Å². The van der Waals surface area contributed by atoms with Gasteiger partial charge in [-0.2, -0.15) is 13.2 Å². The van der Waals surface area contributed by atoms with Gasteiger partial charge in [0.2, 0.25) is 0 Å². The van der Waals surface area contributed by atoms with Crippen LogP contribution < -0.4 is 5.32 Å². The lowest BCUT2D eigenvalue weighted by atomic mass is 9.76. The lowest BCUT2D eigenvalue weighted by Crippen LogP contribution is -2.33. The Morgan fingerprint density at radius 2 is 1.72 bits per heavy atom. The molecular weight excluding hydrogens is 481 g/mol. The van der Waals surface area contributed by atoms with Crippen molar-refractivity contribution in [2.75, 3.05) is 5.32 Å². The van der Waals surface area contributed by atoms with Crippen molar-refractivity contribution in [1.29, 1.82) is 0 Å². The summed E-state index contributed by atoms with van der Waals surface area (Å²) in [5, 5.41) is 2.56. The number of nitrogens with one attached hydrogen (secondary N) is 1. The average Bonchev–Trinajstić information content (AvgIpc) is 2.85. The molecule has 1 fully saturated rings. The van der Waals surface area contributed by atoms with Crippen LogP contribution in [-0.2, 0) is 0 Å². The molecule has 6 nitrogen and oxygen atoms in total. The monoisotopic (exact) mass is 505 g/mol. The van der Waals surface area contributed by atoms with Crippen LogP contribution in [0.15, 0.2) is 36.9 Å². The molecule has 1 aromatic carbocycles. The number of halogens is 5. The second-order valence-electron chi connectivity index (χ2n) is 9.08. The molecule has 1 N–H and O–H groups in total. The molecule has 4 rings (SSSR count). The van der Waals surface area contributed by atoms with Gasteiger partial charge in [0.15, 0.2) is 0 Å². The van der Waals surface area contributed by atoms with Crippen molar-refractivity contribution in [2.24, 2.45) is 5.92 Å². The van der Waals surface area contributed by atoms with Gasteiger partial charge in [-0.15, -0.1) is 0 Å². The zero-order valence-corrected chi connectivity index (χ0v) is 19.6. The number of alkyl halides is 3. The highest BCUT2D eigenvalue weighted by Gasteiger charge is 2.47. The van der Waals surface area contributed by atoms with E-state index in [0.29, 0.717) is 18.7 Å². The summed E-state index contributed by atoms with van der Waals surface area (Å²) in [6, 6.07) is 2.67. The van der Waals surface area contributed by atoms with Gasteiger partial charge in [-0.3, -0.25) is 4.79 Å². The predicted octanol–water partition coefficient (Wildman–Crippen LogP) is 6.42. The van der Waals surface area contributed by atoms with Crippen LogP contribution in [-0.4, -0.2) is 32.0 Å². The fourth-order valence-corrected chi connectivity index (χ4v) is 4.48. The number of benzene rings is 1. The van der Waals surface area contributed by atoms with E-state index in [4.69, 9.17) is 0 Å². The van der Waals surface area contributed by atoms with Crippen LogP contribution in [0.25, 0.3) is 11.3 Å². The van der Waals surface area contributed by atoms with E-state index in [1.807, 2.05) is 13.8 Å². The largest absolute Gasteiger partial charge is 0.392 e. The minimum atomic E-state index is -4.50. The highest BCUT2D eigenvalue weighted by molar-refractivity contribution is 6.06. The van der Waals surface area contributed by atoms with E-state index < -0.39 is 35.6 Å². The Morgan fingerprint density at radius 1 is 1.03 bits per heavy atom. The van der Waals surface area contributed by atoms with E-state index in [2.05, 4.69) is 25.3 Å². The van der Waals surface area contributed by atoms with Crippen LogP contribution in [0.1, 0.15) is 73.2 Å². The summed E-state index contributed by atoms with van der Waals surface area (Å²) >= 11 is 0. The van der Waals surface area contributed by atoms with Crippen molar-refractivity contribution in [2.45, 2.75) is 57.5 Å². The standard InChI is InChI=1S/C25H24F5N5O/c1-13(2)23-31-10-14(11-32-23)24(36)35-22-20(16-5-3-4-6-18(16)25(28,29)30)33-12-34-21(22)17-9-15(26)7-8-19(17)27/h7-13,16,18H,3-6H2,1-2H3,(H,35,36). The molecule has 3 aromatic rings. The lowest BCUT2D eigenvalue weighted by Gasteiger charge is -2.33. The van der Waals surface area contributed by atoms with Crippen LogP contribution in [0.5, 0.6) is 0 Å². The summed E-state index contributed by atoms with van der Waals surface area (Å²) in [6.07, 6.45) is 0.100. The first-order chi connectivity index (χ1) is 17.1. The predicted molar refractivity (Wildman–Crippen MR) is 122 cm³/mol. The molecule has 0 radical (unpaired) electrons. The fraction of sp³-hybridized carbons (Fsp3) is 0.400. The molecule has 1 aliphatic rings. The van der Waals surface area contributed by atoms with E-state index in [9.17, 15) is 26.7 Å². The van der Waals surface area contributed by atoms with Crippen LogP contribution in [0.2, 0.25) is 0 Å². The number of carbonyl (C=O) groups is 1. The number of nitrogens with zero attached hydrogens (tertiary/aromatic N) is 4. The van der Waals surface area contributed by atoms with Gasteiger partial charge in [-0.25, -0.2) is 28.7 Å². The molecule has 36 heavy (non-hydrogen) atoms. The third-order valence-corrected chi connectivity index (χ3v) is 6.29. The maximum atomic E-state index is 14.7. The van der Waals surface area contributed by atoms with Gasteiger partial charge < -0.3 is 5.32 Å². The minimum absolute atomic E-state index is 0.0180. The normalized spacial score (nSPS) is 18.3. The molecule has 190 valence electrons. The topological polar surface area (TPSA) is 80.7 Å². The van der Waals surface area contributed by atoms with Crippen molar-refractivity contribution in [3.63, 3.8) is 0 Å². The molecule has 11 heteroatoms. The Bertz CT molecular complexity index is 1250. The number of carbonyl (C=O) groups excluding carboxylic acids is 1. The SMILES string of the molecule is CC(C)c1ncc(C(=O)Nc2c(-c3cc(F)ccc3F)ncnc2C2CCCCC2C(F)(F)F)cn1. The van der Waals surface area contributed by atoms with E-state index in [-0.39, 0.29) is 47.0 Å². The molecule has 1 amide bonds. The van der Waals surface area contributed by atoms with Crippen LogP contribution in [0.4, 0.5) is 27.6 Å². The highest BCUT2D eigenvalue weighted by atomic mass is 19.4. The molecule has 1 aliphatic carbocycles. The molecular formula is C25H24F5N5O. The third kappa shape index (κ3) is 5.34. The van der Waals surface area contributed by atoms with Gasteiger partial charge in [-0.1, -0.05) is 26.7 Å². The van der Waals surface area contributed by atoms with E-state index in [1.165, 1.54) is 12.4 Å². The van der Waals surface area contributed by atoms with Gasteiger partial charge >= 0.3 is 6.18 Å². The van der Waals surface area contributed by atoms with Gasteiger partial charge in [0, 0.05) is 29.8 Å². The minimum Gasteiger partial charge on any atom is -0.318 e. The first kappa shape index (κ1) is 25.6. The number of hydrogen-bond acceptors (Lipinski definition) is 5. The van der Waals surface area contributed by atoms with Crippen LogP contribution >= 0.6 is 0 Å². The average molecular weight is 505 g/mol. The summed E-state index contributed by atoms with van der Waals surface area (Å²) in [5.74, 6) is -4.62. The third-order valence-electron chi connectivity index (χ3n) is 6.29. The van der Waals surface area contributed by atoms with Crippen molar-refractivity contribution >= 4 is 11.6 Å².